The Hall–Kier alpha value is -3.06. The lowest BCUT2D eigenvalue weighted by Gasteiger charge is -2.15. The van der Waals surface area contributed by atoms with Crippen molar-refractivity contribution in [3.63, 3.8) is 0 Å². The van der Waals surface area contributed by atoms with Crippen molar-refractivity contribution in [1.82, 2.24) is 0 Å². The molecule has 2 amide bonds. The molecule has 1 fully saturated rings. The second-order valence-electron chi connectivity index (χ2n) is 5.80. The minimum Gasteiger partial charge on any atom is -0.381 e. The topological polar surface area (TPSA) is 76.0 Å². The van der Waals surface area contributed by atoms with Gasteiger partial charge in [-0.25, -0.2) is 9.29 Å². The lowest BCUT2D eigenvalue weighted by molar-refractivity contribution is -0.126. The van der Waals surface area contributed by atoms with E-state index in [1.807, 2.05) is 0 Å². The molecule has 2 atom stereocenters. The number of halogens is 2. The van der Waals surface area contributed by atoms with Crippen LogP contribution >= 0.6 is 11.6 Å². The molecule has 130 valence electrons. The lowest BCUT2D eigenvalue weighted by Crippen LogP contribution is -2.34. The van der Waals surface area contributed by atoms with E-state index in [0.717, 1.165) is 17.0 Å². The van der Waals surface area contributed by atoms with E-state index in [2.05, 4.69) is 5.16 Å². The highest BCUT2D eigenvalue weighted by molar-refractivity contribution is 6.52. The van der Waals surface area contributed by atoms with E-state index in [9.17, 15) is 18.8 Å². The first-order chi connectivity index (χ1) is 12.5. The molecular formula is C18H10ClFN2O4. The maximum atomic E-state index is 13.1. The Morgan fingerprint density at radius 2 is 1.69 bits per heavy atom. The van der Waals surface area contributed by atoms with Crippen molar-refractivity contribution >= 4 is 40.6 Å². The van der Waals surface area contributed by atoms with E-state index < -0.39 is 35.4 Å². The molecule has 2 aromatic rings. The number of carbonyl (C=O) groups excluding carboxylic acids is 3. The summed E-state index contributed by atoms with van der Waals surface area (Å²) in [5.41, 5.74) is 0.343. The van der Waals surface area contributed by atoms with Crippen LogP contribution in [-0.2, 0) is 14.4 Å². The van der Waals surface area contributed by atoms with Gasteiger partial charge in [-0.15, -0.1) is 0 Å². The van der Waals surface area contributed by atoms with Crippen LogP contribution in [0.4, 0.5) is 10.1 Å². The molecule has 0 spiro atoms. The van der Waals surface area contributed by atoms with Gasteiger partial charge in [0.05, 0.1) is 5.69 Å². The Labute approximate surface area is 151 Å². The maximum Gasteiger partial charge on any atom is 0.278 e. The smallest absolute Gasteiger partial charge is 0.278 e. The summed E-state index contributed by atoms with van der Waals surface area (Å²) in [5, 5.41) is 4.12. The van der Waals surface area contributed by atoms with Gasteiger partial charge in [0.2, 0.25) is 17.8 Å². The van der Waals surface area contributed by atoms with Crippen LogP contribution < -0.4 is 4.90 Å². The molecule has 0 unspecified atom stereocenters. The summed E-state index contributed by atoms with van der Waals surface area (Å²) in [6.45, 7) is 0. The van der Waals surface area contributed by atoms with Gasteiger partial charge in [0.15, 0.2) is 0 Å². The van der Waals surface area contributed by atoms with E-state index in [4.69, 9.17) is 16.4 Å². The molecule has 1 saturated heterocycles. The molecule has 2 aromatic carbocycles. The normalized spacial score (nSPS) is 21.5. The van der Waals surface area contributed by atoms with Crippen molar-refractivity contribution in [1.29, 1.82) is 0 Å². The molecule has 2 aliphatic rings. The summed E-state index contributed by atoms with van der Waals surface area (Å²) in [4.78, 5) is 43.9. The monoisotopic (exact) mass is 372 g/mol. The summed E-state index contributed by atoms with van der Waals surface area (Å²) >= 11 is 5.81. The van der Waals surface area contributed by atoms with Crippen LogP contribution in [-0.4, -0.2) is 29.4 Å². The molecule has 0 saturated carbocycles. The molecular weight excluding hydrogens is 363 g/mol. The molecule has 6 nitrogen and oxygen atoms in total. The standard InChI is InChI=1S/C18H10ClFN2O4/c19-10-3-1-9(2-4-10)15(23)14-13-16(26-21-14)18(25)22(17(13)24)12-7-5-11(20)6-8-12/h1-8,13,16H/t13-,16+/m0/s1. The van der Waals surface area contributed by atoms with Gasteiger partial charge in [0, 0.05) is 10.6 Å². The molecule has 0 bridgehead atoms. The summed E-state index contributed by atoms with van der Waals surface area (Å²) in [7, 11) is 0. The van der Waals surface area contributed by atoms with E-state index >= 15 is 0 Å². The Morgan fingerprint density at radius 1 is 1.04 bits per heavy atom. The predicted octanol–water partition coefficient (Wildman–Crippen LogP) is 2.61. The van der Waals surface area contributed by atoms with Crippen LogP contribution in [0.3, 0.4) is 0 Å². The number of hydrogen-bond acceptors (Lipinski definition) is 5. The zero-order chi connectivity index (χ0) is 18.4. The fourth-order valence-corrected chi connectivity index (χ4v) is 3.09. The van der Waals surface area contributed by atoms with Gasteiger partial charge < -0.3 is 4.84 Å². The van der Waals surface area contributed by atoms with Crippen LogP contribution in [0.1, 0.15) is 10.4 Å². The molecule has 2 heterocycles. The number of ketones is 1. The molecule has 0 N–H and O–H groups in total. The van der Waals surface area contributed by atoms with E-state index in [1.54, 1.807) is 0 Å². The number of amides is 2. The number of hydrogen-bond donors (Lipinski definition) is 0. The van der Waals surface area contributed by atoms with Crippen molar-refractivity contribution in [2.24, 2.45) is 11.1 Å². The predicted molar refractivity (Wildman–Crippen MR) is 90.5 cm³/mol. The van der Waals surface area contributed by atoms with Gasteiger partial charge in [0.25, 0.3) is 5.91 Å². The number of benzene rings is 2. The minimum atomic E-state index is -1.20. The first-order valence-corrected chi connectivity index (χ1v) is 8.02. The third-order valence-corrected chi connectivity index (χ3v) is 4.49. The van der Waals surface area contributed by atoms with Gasteiger partial charge >= 0.3 is 0 Å². The number of imide groups is 1. The quantitative estimate of drug-likeness (QED) is 0.613. The SMILES string of the molecule is O=C(C1=NO[C@H]2C(=O)N(c3ccc(F)cc3)C(=O)[C@@H]12)c1ccc(Cl)cc1. The zero-order valence-electron chi connectivity index (χ0n) is 13.1. The minimum absolute atomic E-state index is 0.139. The average molecular weight is 373 g/mol. The van der Waals surface area contributed by atoms with Crippen molar-refractivity contribution in [2.45, 2.75) is 6.10 Å². The largest absolute Gasteiger partial charge is 0.381 e. The fraction of sp³-hybridized carbons (Fsp3) is 0.111. The molecule has 4 rings (SSSR count). The first-order valence-electron chi connectivity index (χ1n) is 7.65. The molecule has 0 radical (unpaired) electrons. The Kier molecular flexibility index (Phi) is 3.81. The molecule has 2 aliphatic heterocycles. The highest BCUT2D eigenvalue weighted by atomic mass is 35.5. The maximum absolute atomic E-state index is 13.1. The first kappa shape index (κ1) is 16.4. The number of carbonyl (C=O) groups is 3. The van der Waals surface area contributed by atoms with Gasteiger partial charge in [-0.2, -0.15) is 0 Å². The Balaban J connectivity index is 1.65. The molecule has 8 heteroatoms. The number of fused-ring (bicyclic) bond motifs is 1. The second-order valence-corrected chi connectivity index (χ2v) is 6.24. The summed E-state index contributed by atoms with van der Waals surface area (Å²) in [5.74, 6) is -3.42. The van der Waals surface area contributed by atoms with E-state index in [0.29, 0.717) is 5.02 Å². The van der Waals surface area contributed by atoms with Crippen LogP contribution in [0.15, 0.2) is 53.7 Å². The summed E-state index contributed by atoms with van der Waals surface area (Å²) in [6.07, 6.45) is -1.20. The van der Waals surface area contributed by atoms with Gasteiger partial charge in [-0.3, -0.25) is 14.4 Å². The number of nitrogens with zero attached hydrogens (tertiary/aromatic N) is 2. The van der Waals surface area contributed by atoms with Crippen molar-refractivity contribution < 1.29 is 23.6 Å². The second kappa shape index (κ2) is 6.03. The number of rotatable bonds is 3. The van der Waals surface area contributed by atoms with E-state index in [-0.39, 0.29) is 17.0 Å². The summed E-state index contributed by atoms with van der Waals surface area (Å²) in [6, 6.07) is 11.0. The Bertz CT molecular complexity index is 956. The fourth-order valence-electron chi connectivity index (χ4n) is 2.96. The number of oxime groups is 1. The van der Waals surface area contributed by atoms with Crippen LogP contribution in [0.25, 0.3) is 0 Å². The van der Waals surface area contributed by atoms with E-state index in [1.165, 1.54) is 36.4 Å². The zero-order valence-corrected chi connectivity index (χ0v) is 13.8. The molecule has 26 heavy (non-hydrogen) atoms. The van der Waals surface area contributed by atoms with Crippen LogP contribution in [0, 0.1) is 11.7 Å². The van der Waals surface area contributed by atoms with Crippen molar-refractivity contribution in [2.75, 3.05) is 4.90 Å². The molecule has 0 aliphatic carbocycles. The number of Topliss-reactive ketones (excluding diaryl/α,β-unsaturated/α-hetero) is 1. The Morgan fingerprint density at radius 3 is 2.35 bits per heavy atom. The average Bonchev–Trinajstić information content (AvgIpc) is 3.17. The number of anilines is 1. The molecule has 0 aromatic heterocycles. The van der Waals surface area contributed by atoms with Gasteiger partial charge in [-0.1, -0.05) is 16.8 Å². The van der Waals surface area contributed by atoms with Crippen LogP contribution in [0.5, 0.6) is 0 Å². The third kappa shape index (κ3) is 2.48. The van der Waals surface area contributed by atoms with Crippen LogP contribution in [0.2, 0.25) is 5.02 Å². The summed E-state index contributed by atoms with van der Waals surface area (Å²) < 4.78 is 13.1. The van der Waals surface area contributed by atoms with Crippen molar-refractivity contribution in [3.8, 4) is 0 Å². The lowest BCUT2D eigenvalue weighted by atomic mass is 9.93. The van der Waals surface area contributed by atoms with Gasteiger partial charge in [0.1, 0.15) is 17.4 Å². The van der Waals surface area contributed by atoms with Crippen molar-refractivity contribution in [3.05, 3.63) is 64.9 Å². The van der Waals surface area contributed by atoms with Gasteiger partial charge in [-0.05, 0) is 48.5 Å². The highest BCUT2D eigenvalue weighted by Gasteiger charge is 2.57. The highest BCUT2D eigenvalue weighted by Crippen LogP contribution is 2.34. The third-order valence-electron chi connectivity index (χ3n) is 4.24.